The topological polar surface area (TPSA) is 98.7 Å². The second kappa shape index (κ2) is 5.42. The summed E-state index contributed by atoms with van der Waals surface area (Å²) in [4.78, 5) is 37.2. The molecule has 1 saturated heterocycles. The van der Waals surface area contributed by atoms with Crippen LogP contribution < -0.4 is 10.8 Å². The van der Waals surface area contributed by atoms with E-state index in [1.165, 1.54) is 5.48 Å². The first kappa shape index (κ1) is 14.5. The standard InChI is InChI=1S/C15H17N3O4/c19-12(17-22)9-18-13(20)15(16-14(18)21)8-4-3-6-10-5-1-2-7-11(10)15/h1-2,5,7,22H,3-4,6,8-9H2,(H,16,21)(H,17,19). The predicted octanol–water partition coefficient (Wildman–Crippen LogP) is 0.665. The fourth-order valence-electron chi connectivity index (χ4n) is 3.30. The largest absolute Gasteiger partial charge is 0.325 e. The molecule has 7 nitrogen and oxygen atoms in total. The summed E-state index contributed by atoms with van der Waals surface area (Å²) < 4.78 is 0. The summed E-state index contributed by atoms with van der Waals surface area (Å²) in [6.45, 7) is -0.495. The third-order valence-corrected chi connectivity index (χ3v) is 4.33. The summed E-state index contributed by atoms with van der Waals surface area (Å²) in [6, 6.07) is 6.97. The third-order valence-electron chi connectivity index (χ3n) is 4.33. The molecule has 2 aliphatic rings. The molecule has 3 N–H and O–H groups in total. The van der Waals surface area contributed by atoms with Crippen LogP contribution in [-0.4, -0.2) is 34.5 Å². The Balaban J connectivity index is 2.02. The number of aryl methyl sites for hydroxylation is 1. The number of carbonyl (C=O) groups is 3. The van der Waals surface area contributed by atoms with Crippen molar-refractivity contribution in [1.29, 1.82) is 0 Å². The molecule has 1 heterocycles. The van der Waals surface area contributed by atoms with Crippen LogP contribution in [0.2, 0.25) is 0 Å². The normalized spacial score (nSPS) is 24.0. The lowest BCUT2D eigenvalue weighted by Gasteiger charge is -2.27. The van der Waals surface area contributed by atoms with Crippen LogP contribution in [0.25, 0.3) is 0 Å². The summed E-state index contributed by atoms with van der Waals surface area (Å²) >= 11 is 0. The molecule has 22 heavy (non-hydrogen) atoms. The molecule has 1 aliphatic heterocycles. The molecule has 7 heteroatoms. The van der Waals surface area contributed by atoms with Crippen LogP contribution in [0, 0.1) is 0 Å². The Kier molecular flexibility index (Phi) is 3.58. The maximum Gasteiger partial charge on any atom is 0.325 e. The SMILES string of the molecule is O=C(CN1C(=O)NC2(CCCCc3ccccc32)C1=O)NO. The maximum absolute atomic E-state index is 12.8. The molecule has 1 spiro atoms. The van der Waals surface area contributed by atoms with Crippen LogP contribution in [0.4, 0.5) is 4.79 Å². The first-order valence-electron chi connectivity index (χ1n) is 7.24. The van der Waals surface area contributed by atoms with Crippen molar-refractivity contribution in [3.8, 4) is 0 Å². The van der Waals surface area contributed by atoms with Gasteiger partial charge in [-0.2, -0.15) is 0 Å². The molecule has 116 valence electrons. The number of fused-ring (bicyclic) bond motifs is 2. The quantitative estimate of drug-likeness (QED) is 0.425. The molecule has 3 rings (SSSR count). The number of nitrogens with zero attached hydrogens (tertiary/aromatic N) is 1. The van der Waals surface area contributed by atoms with E-state index in [2.05, 4.69) is 5.32 Å². The molecule has 1 fully saturated rings. The van der Waals surface area contributed by atoms with Gasteiger partial charge in [-0.05, 0) is 36.8 Å². The van der Waals surface area contributed by atoms with Gasteiger partial charge in [0, 0.05) is 0 Å². The predicted molar refractivity (Wildman–Crippen MR) is 75.8 cm³/mol. The summed E-state index contributed by atoms with van der Waals surface area (Å²) in [5.41, 5.74) is 2.19. The number of rotatable bonds is 2. The third kappa shape index (κ3) is 2.14. The van der Waals surface area contributed by atoms with Gasteiger partial charge >= 0.3 is 6.03 Å². The Morgan fingerprint density at radius 3 is 2.86 bits per heavy atom. The summed E-state index contributed by atoms with van der Waals surface area (Å²) in [5.74, 6) is -1.24. The number of imide groups is 1. The van der Waals surface area contributed by atoms with Gasteiger partial charge in [-0.25, -0.2) is 10.3 Å². The van der Waals surface area contributed by atoms with Crippen molar-refractivity contribution in [2.45, 2.75) is 31.2 Å². The van der Waals surface area contributed by atoms with E-state index >= 15 is 0 Å². The second-order valence-electron chi connectivity index (χ2n) is 5.63. The van der Waals surface area contributed by atoms with E-state index in [4.69, 9.17) is 5.21 Å². The molecule has 1 atom stereocenters. The van der Waals surface area contributed by atoms with Gasteiger partial charge in [0.15, 0.2) is 0 Å². The Morgan fingerprint density at radius 2 is 2.09 bits per heavy atom. The molecular weight excluding hydrogens is 286 g/mol. The number of amides is 4. The van der Waals surface area contributed by atoms with E-state index in [9.17, 15) is 14.4 Å². The summed E-state index contributed by atoms with van der Waals surface area (Å²) in [7, 11) is 0. The van der Waals surface area contributed by atoms with Crippen molar-refractivity contribution in [1.82, 2.24) is 15.7 Å². The fraction of sp³-hybridized carbons (Fsp3) is 0.400. The van der Waals surface area contributed by atoms with Gasteiger partial charge in [0.2, 0.25) is 0 Å². The minimum atomic E-state index is -1.10. The monoisotopic (exact) mass is 303 g/mol. The lowest BCUT2D eigenvalue weighted by Crippen LogP contribution is -2.45. The van der Waals surface area contributed by atoms with E-state index in [1.54, 1.807) is 0 Å². The molecule has 1 aromatic rings. The molecule has 1 unspecified atom stereocenters. The minimum absolute atomic E-state index is 0.435. The second-order valence-corrected chi connectivity index (χ2v) is 5.63. The average molecular weight is 303 g/mol. The van der Waals surface area contributed by atoms with Crippen molar-refractivity contribution in [3.63, 3.8) is 0 Å². The lowest BCUT2D eigenvalue weighted by atomic mass is 9.84. The molecule has 0 radical (unpaired) electrons. The van der Waals surface area contributed by atoms with Crippen molar-refractivity contribution < 1.29 is 19.6 Å². The van der Waals surface area contributed by atoms with E-state index in [0.717, 1.165) is 35.3 Å². The van der Waals surface area contributed by atoms with Crippen LogP contribution in [0.5, 0.6) is 0 Å². The Hall–Kier alpha value is -2.41. The first-order valence-corrected chi connectivity index (χ1v) is 7.24. The Labute approximate surface area is 127 Å². The molecule has 0 saturated carbocycles. The smallest absolute Gasteiger partial charge is 0.319 e. The number of carbonyl (C=O) groups excluding carboxylic acids is 3. The van der Waals surface area contributed by atoms with Crippen LogP contribution >= 0.6 is 0 Å². The zero-order chi connectivity index (χ0) is 15.7. The fourth-order valence-corrected chi connectivity index (χ4v) is 3.30. The van der Waals surface area contributed by atoms with Crippen molar-refractivity contribution in [2.24, 2.45) is 0 Å². The van der Waals surface area contributed by atoms with Crippen molar-refractivity contribution >= 4 is 17.8 Å². The van der Waals surface area contributed by atoms with E-state index in [1.807, 2.05) is 24.3 Å². The summed E-state index contributed by atoms with van der Waals surface area (Å²) in [5, 5.41) is 11.4. The highest BCUT2D eigenvalue weighted by atomic mass is 16.5. The zero-order valence-electron chi connectivity index (χ0n) is 12.0. The molecule has 4 amide bonds. The maximum atomic E-state index is 12.8. The Morgan fingerprint density at radius 1 is 1.32 bits per heavy atom. The van der Waals surface area contributed by atoms with Crippen LogP contribution in [0.3, 0.4) is 0 Å². The average Bonchev–Trinajstić information content (AvgIpc) is 2.67. The molecular formula is C15H17N3O4. The van der Waals surface area contributed by atoms with Gasteiger partial charge in [0.05, 0.1) is 0 Å². The molecule has 0 bridgehead atoms. The van der Waals surface area contributed by atoms with E-state index in [0.29, 0.717) is 6.42 Å². The highest BCUT2D eigenvalue weighted by molar-refractivity contribution is 6.09. The number of benzene rings is 1. The van der Waals surface area contributed by atoms with Crippen molar-refractivity contribution in [2.75, 3.05) is 6.54 Å². The molecule has 0 aromatic heterocycles. The van der Waals surface area contributed by atoms with Crippen LogP contribution in [0.15, 0.2) is 24.3 Å². The van der Waals surface area contributed by atoms with Gasteiger partial charge < -0.3 is 5.32 Å². The molecule has 1 aliphatic carbocycles. The number of urea groups is 1. The van der Waals surface area contributed by atoms with Crippen LogP contribution in [0.1, 0.15) is 30.4 Å². The zero-order valence-corrected chi connectivity index (χ0v) is 12.0. The minimum Gasteiger partial charge on any atom is -0.319 e. The number of hydrogen-bond acceptors (Lipinski definition) is 4. The van der Waals surface area contributed by atoms with E-state index in [-0.39, 0.29) is 0 Å². The first-order chi connectivity index (χ1) is 10.6. The number of hydroxylamine groups is 1. The van der Waals surface area contributed by atoms with Gasteiger partial charge in [0.25, 0.3) is 11.8 Å². The lowest BCUT2D eigenvalue weighted by molar-refractivity contribution is -0.138. The number of hydrogen-bond donors (Lipinski definition) is 3. The molecule has 1 aromatic carbocycles. The number of nitrogens with one attached hydrogen (secondary N) is 2. The van der Waals surface area contributed by atoms with Gasteiger partial charge in [0.1, 0.15) is 12.1 Å². The van der Waals surface area contributed by atoms with Crippen molar-refractivity contribution in [3.05, 3.63) is 35.4 Å². The van der Waals surface area contributed by atoms with Gasteiger partial charge in [-0.15, -0.1) is 0 Å². The van der Waals surface area contributed by atoms with Gasteiger partial charge in [-0.3, -0.25) is 19.7 Å². The van der Waals surface area contributed by atoms with E-state index < -0.39 is 29.9 Å². The highest BCUT2D eigenvalue weighted by Gasteiger charge is 2.53. The Bertz CT molecular complexity index is 645. The van der Waals surface area contributed by atoms with Crippen LogP contribution in [-0.2, 0) is 21.5 Å². The summed E-state index contributed by atoms with van der Waals surface area (Å²) in [6.07, 6.45) is 3.11. The highest BCUT2D eigenvalue weighted by Crippen LogP contribution is 2.38. The van der Waals surface area contributed by atoms with Gasteiger partial charge in [-0.1, -0.05) is 24.3 Å².